The van der Waals surface area contributed by atoms with Gasteiger partial charge in [0.15, 0.2) is 0 Å². The third-order valence-electron chi connectivity index (χ3n) is 2.67. The minimum Gasteiger partial charge on any atom is -0.0762 e. The van der Waals surface area contributed by atoms with Crippen LogP contribution in [0.15, 0.2) is 36.4 Å². The Hall–Kier alpha value is -0.0800. The van der Waals surface area contributed by atoms with Gasteiger partial charge in [0.25, 0.3) is 0 Å². The van der Waals surface area contributed by atoms with E-state index < -0.39 is 0 Å². The Balaban J connectivity index is 2.23. The molecule has 1 aliphatic rings. The van der Waals surface area contributed by atoms with Crippen molar-refractivity contribution in [3.8, 4) is 0 Å². The molecular weight excluding hydrogens is 304 g/mol. The van der Waals surface area contributed by atoms with Gasteiger partial charge in [-0.05, 0) is 17.5 Å². The van der Waals surface area contributed by atoms with E-state index in [0.717, 1.165) is 6.42 Å². The molecule has 1 aliphatic carbocycles. The second-order valence-electron chi connectivity index (χ2n) is 3.61. The van der Waals surface area contributed by atoms with E-state index in [1.807, 2.05) is 0 Å². The van der Waals surface area contributed by atoms with Gasteiger partial charge in [0.05, 0.1) is 0 Å². The van der Waals surface area contributed by atoms with Crippen LogP contribution in [0.4, 0.5) is 0 Å². The standard InChI is InChI=1S/C12H12Br2/c1-2-9-3-5-10(6-4-9)11-7-8-12(11,13)14/h3-8,11H,2H2,1H3. The van der Waals surface area contributed by atoms with Gasteiger partial charge in [-0.25, -0.2) is 0 Å². The van der Waals surface area contributed by atoms with Crippen molar-refractivity contribution in [3.05, 3.63) is 47.5 Å². The number of hydrogen-bond acceptors (Lipinski definition) is 0. The molecule has 1 aromatic carbocycles. The van der Waals surface area contributed by atoms with E-state index in [9.17, 15) is 0 Å². The molecule has 0 N–H and O–H groups in total. The van der Waals surface area contributed by atoms with Crippen molar-refractivity contribution in [3.63, 3.8) is 0 Å². The summed E-state index contributed by atoms with van der Waals surface area (Å²) >= 11 is 7.27. The summed E-state index contributed by atoms with van der Waals surface area (Å²) in [5, 5.41) is 0. The van der Waals surface area contributed by atoms with Crippen LogP contribution in [-0.4, -0.2) is 3.23 Å². The molecule has 0 radical (unpaired) electrons. The Morgan fingerprint density at radius 3 is 2.21 bits per heavy atom. The molecule has 2 heteroatoms. The number of allylic oxidation sites excluding steroid dienone is 2. The number of aryl methyl sites for hydroxylation is 1. The molecule has 1 unspecified atom stereocenters. The van der Waals surface area contributed by atoms with Crippen molar-refractivity contribution in [2.45, 2.75) is 22.5 Å². The number of halogens is 2. The van der Waals surface area contributed by atoms with E-state index in [0.29, 0.717) is 5.92 Å². The predicted octanol–water partition coefficient (Wildman–Crippen LogP) is 4.39. The van der Waals surface area contributed by atoms with Gasteiger partial charge in [0.1, 0.15) is 3.23 Å². The number of hydrogen-bond donors (Lipinski definition) is 0. The molecule has 0 bridgehead atoms. The maximum atomic E-state index is 3.63. The van der Waals surface area contributed by atoms with Crippen molar-refractivity contribution in [2.75, 3.05) is 0 Å². The third kappa shape index (κ3) is 1.82. The normalized spacial score (nSPS) is 23.2. The van der Waals surface area contributed by atoms with Gasteiger partial charge < -0.3 is 0 Å². The number of rotatable bonds is 2. The van der Waals surface area contributed by atoms with Crippen LogP contribution in [0.5, 0.6) is 0 Å². The van der Waals surface area contributed by atoms with Gasteiger partial charge in [-0.15, -0.1) is 0 Å². The van der Waals surface area contributed by atoms with Crippen LogP contribution < -0.4 is 0 Å². The molecule has 74 valence electrons. The summed E-state index contributed by atoms with van der Waals surface area (Å²) in [5.41, 5.74) is 2.75. The first kappa shape index (κ1) is 10.4. The van der Waals surface area contributed by atoms with E-state index in [4.69, 9.17) is 0 Å². The van der Waals surface area contributed by atoms with Gasteiger partial charge >= 0.3 is 0 Å². The highest BCUT2D eigenvalue weighted by Gasteiger charge is 2.37. The Labute approximate surface area is 102 Å². The average Bonchev–Trinajstić information content (AvgIpc) is 2.18. The summed E-state index contributed by atoms with van der Waals surface area (Å²) in [4.78, 5) is 0. The van der Waals surface area contributed by atoms with Crippen molar-refractivity contribution in [2.24, 2.45) is 0 Å². The van der Waals surface area contributed by atoms with Crippen molar-refractivity contribution in [1.29, 1.82) is 0 Å². The zero-order valence-electron chi connectivity index (χ0n) is 8.00. The maximum absolute atomic E-state index is 3.63. The summed E-state index contributed by atoms with van der Waals surface area (Å²) < 4.78 is -0.0201. The number of alkyl halides is 2. The van der Waals surface area contributed by atoms with E-state index in [1.54, 1.807) is 0 Å². The molecule has 0 saturated heterocycles. The smallest absolute Gasteiger partial charge is 0.0762 e. The van der Waals surface area contributed by atoms with Crippen LogP contribution in [0.1, 0.15) is 24.0 Å². The average molecular weight is 316 g/mol. The summed E-state index contributed by atoms with van der Waals surface area (Å²) in [6.45, 7) is 2.18. The molecule has 0 heterocycles. The van der Waals surface area contributed by atoms with Crippen LogP contribution in [0.3, 0.4) is 0 Å². The molecule has 0 amide bonds. The van der Waals surface area contributed by atoms with Gasteiger partial charge in [-0.3, -0.25) is 0 Å². The van der Waals surface area contributed by atoms with Gasteiger partial charge in [-0.1, -0.05) is 75.2 Å². The highest BCUT2D eigenvalue weighted by molar-refractivity contribution is 9.25. The molecule has 0 spiro atoms. The van der Waals surface area contributed by atoms with Gasteiger partial charge in [0, 0.05) is 5.92 Å². The fourth-order valence-electron chi connectivity index (χ4n) is 1.63. The first-order valence-electron chi connectivity index (χ1n) is 4.79. The van der Waals surface area contributed by atoms with Crippen molar-refractivity contribution >= 4 is 31.9 Å². The molecule has 0 nitrogen and oxygen atoms in total. The molecule has 0 saturated carbocycles. The Morgan fingerprint density at radius 2 is 1.86 bits per heavy atom. The zero-order chi connectivity index (χ0) is 10.2. The zero-order valence-corrected chi connectivity index (χ0v) is 11.2. The predicted molar refractivity (Wildman–Crippen MR) is 68.3 cm³/mol. The summed E-state index contributed by atoms with van der Waals surface area (Å²) in [6.07, 6.45) is 5.45. The topological polar surface area (TPSA) is 0 Å². The summed E-state index contributed by atoms with van der Waals surface area (Å²) in [6, 6.07) is 8.84. The first-order chi connectivity index (χ1) is 6.63. The monoisotopic (exact) mass is 314 g/mol. The molecule has 1 atom stereocenters. The molecule has 2 rings (SSSR count). The lowest BCUT2D eigenvalue weighted by atomic mass is 9.87. The minimum absolute atomic E-state index is 0.0201. The van der Waals surface area contributed by atoms with Crippen LogP contribution in [0, 0.1) is 0 Å². The molecule has 0 aliphatic heterocycles. The van der Waals surface area contributed by atoms with Crippen molar-refractivity contribution < 1.29 is 0 Å². The second-order valence-corrected chi connectivity index (χ2v) is 7.29. The van der Waals surface area contributed by atoms with Gasteiger partial charge in [0.2, 0.25) is 0 Å². The van der Waals surface area contributed by atoms with Crippen LogP contribution in [0.2, 0.25) is 0 Å². The van der Waals surface area contributed by atoms with Crippen LogP contribution >= 0.6 is 31.9 Å². The SMILES string of the molecule is CCc1ccc(C2C=CC2(Br)Br)cc1. The molecule has 14 heavy (non-hydrogen) atoms. The summed E-state index contributed by atoms with van der Waals surface area (Å²) in [7, 11) is 0. The lowest BCUT2D eigenvalue weighted by Crippen LogP contribution is -2.26. The lowest BCUT2D eigenvalue weighted by molar-refractivity contribution is 0.788. The Bertz CT molecular complexity index is 349. The minimum atomic E-state index is -0.0201. The molecular formula is C12H12Br2. The first-order valence-corrected chi connectivity index (χ1v) is 6.38. The van der Waals surface area contributed by atoms with Crippen LogP contribution in [0.25, 0.3) is 0 Å². The summed E-state index contributed by atoms with van der Waals surface area (Å²) in [5.74, 6) is 0.452. The third-order valence-corrected chi connectivity index (χ3v) is 4.19. The van der Waals surface area contributed by atoms with Crippen LogP contribution in [-0.2, 0) is 6.42 Å². The molecule has 0 aromatic heterocycles. The molecule has 1 aromatic rings. The van der Waals surface area contributed by atoms with E-state index >= 15 is 0 Å². The lowest BCUT2D eigenvalue weighted by Gasteiger charge is -2.33. The van der Waals surface area contributed by atoms with E-state index in [-0.39, 0.29) is 3.23 Å². The van der Waals surface area contributed by atoms with Crippen molar-refractivity contribution in [1.82, 2.24) is 0 Å². The molecule has 0 fully saturated rings. The quantitative estimate of drug-likeness (QED) is 0.561. The fraction of sp³-hybridized carbons (Fsp3) is 0.333. The Morgan fingerprint density at radius 1 is 1.21 bits per heavy atom. The van der Waals surface area contributed by atoms with Gasteiger partial charge in [-0.2, -0.15) is 0 Å². The largest absolute Gasteiger partial charge is 0.109 e. The van der Waals surface area contributed by atoms with E-state index in [2.05, 4.69) is 75.2 Å². The fourth-order valence-corrected chi connectivity index (χ4v) is 2.77. The highest BCUT2D eigenvalue weighted by Crippen LogP contribution is 2.50. The maximum Gasteiger partial charge on any atom is 0.109 e. The number of benzene rings is 1. The Kier molecular flexibility index (Phi) is 2.85. The second kappa shape index (κ2) is 3.82. The highest BCUT2D eigenvalue weighted by atomic mass is 79.9. The van der Waals surface area contributed by atoms with E-state index in [1.165, 1.54) is 11.1 Å².